The van der Waals surface area contributed by atoms with Crippen LogP contribution < -0.4 is 10.6 Å². The van der Waals surface area contributed by atoms with Gasteiger partial charge in [-0.25, -0.2) is 4.79 Å². The normalized spacial score (nSPS) is 23.8. The summed E-state index contributed by atoms with van der Waals surface area (Å²) >= 11 is 0. The number of carbonyl (C=O) groups excluding carboxylic acids is 2. The average molecular weight is 376 g/mol. The summed E-state index contributed by atoms with van der Waals surface area (Å²) in [5, 5.41) is 6.16. The molecule has 3 amide bonds. The number of likely N-dealkylation sites (tertiary alicyclic amines) is 1. The first-order valence-corrected chi connectivity index (χ1v) is 10.5. The summed E-state index contributed by atoms with van der Waals surface area (Å²) in [5.41, 5.74) is 0. The molecule has 1 aliphatic heterocycles. The molecule has 150 valence electrons. The molecule has 2 heterocycles. The third-order valence-electron chi connectivity index (χ3n) is 6.12. The summed E-state index contributed by atoms with van der Waals surface area (Å²) in [6.45, 7) is 4.09. The van der Waals surface area contributed by atoms with Gasteiger partial charge in [-0.1, -0.05) is 32.6 Å². The molecule has 0 spiro atoms. The highest BCUT2D eigenvalue weighted by Gasteiger charge is 2.32. The van der Waals surface area contributed by atoms with Crippen LogP contribution in [0, 0.1) is 11.8 Å². The lowest BCUT2D eigenvalue weighted by atomic mass is 9.81. The second-order valence-electron chi connectivity index (χ2n) is 8.01. The molecule has 1 aromatic rings. The molecule has 6 nitrogen and oxygen atoms in total. The molecule has 6 heteroatoms. The van der Waals surface area contributed by atoms with Gasteiger partial charge in [0.1, 0.15) is 5.76 Å². The fourth-order valence-electron chi connectivity index (χ4n) is 4.42. The maximum absolute atomic E-state index is 12.6. The lowest BCUT2D eigenvalue weighted by molar-refractivity contribution is -0.123. The lowest BCUT2D eigenvalue weighted by Gasteiger charge is -2.39. The molecule has 2 aliphatic rings. The summed E-state index contributed by atoms with van der Waals surface area (Å²) in [6, 6.07) is 4.11. The topological polar surface area (TPSA) is 74.6 Å². The predicted octanol–water partition coefficient (Wildman–Crippen LogP) is 3.68. The van der Waals surface area contributed by atoms with Gasteiger partial charge in [0.25, 0.3) is 0 Å². The Labute approximate surface area is 162 Å². The Bertz CT molecular complexity index is 596. The fourth-order valence-corrected chi connectivity index (χ4v) is 4.42. The molecular weight excluding hydrogens is 342 g/mol. The van der Waals surface area contributed by atoms with Gasteiger partial charge in [-0.3, -0.25) is 4.79 Å². The molecule has 0 bridgehead atoms. The second-order valence-corrected chi connectivity index (χ2v) is 8.01. The van der Waals surface area contributed by atoms with E-state index in [1.807, 2.05) is 17.0 Å². The van der Waals surface area contributed by atoms with E-state index in [0.717, 1.165) is 44.5 Å². The highest BCUT2D eigenvalue weighted by atomic mass is 16.3. The van der Waals surface area contributed by atoms with Crippen molar-refractivity contribution in [3.05, 3.63) is 24.2 Å². The molecule has 2 atom stereocenters. The summed E-state index contributed by atoms with van der Waals surface area (Å²) in [4.78, 5) is 26.9. The van der Waals surface area contributed by atoms with E-state index in [4.69, 9.17) is 4.42 Å². The van der Waals surface area contributed by atoms with Crippen LogP contribution in [-0.4, -0.2) is 36.0 Å². The Balaban J connectivity index is 1.44. The van der Waals surface area contributed by atoms with Crippen LogP contribution in [0.15, 0.2) is 22.8 Å². The molecule has 2 unspecified atom stereocenters. The van der Waals surface area contributed by atoms with E-state index >= 15 is 0 Å². The molecule has 1 aliphatic carbocycles. The molecule has 0 aromatic carbocycles. The third-order valence-corrected chi connectivity index (χ3v) is 6.12. The molecule has 2 fully saturated rings. The summed E-state index contributed by atoms with van der Waals surface area (Å²) in [5.74, 6) is 1.55. The van der Waals surface area contributed by atoms with Gasteiger partial charge in [0, 0.05) is 25.6 Å². The Morgan fingerprint density at radius 1 is 1.19 bits per heavy atom. The molecule has 1 saturated heterocycles. The molecule has 27 heavy (non-hydrogen) atoms. The van der Waals surface area contributed by atoms with E-state index in [1.54, 1.807) is 6.26 Å². The largest absolute Gasteiger partial charge is 0.467 e. The van der Waals surface area contributed by atoms with Gasteiger partial charge in [-0.05, 0) is 43.2 Å². The van der Waals surface area contributed by atoms with Crippen LogP contribution in [0.2, 0.25) is 0 Å². The third kappa shape index (κ3) is 5.75. The minimum atomic E-state index is 0.0648. The van der Waals surface area contributed by atoms with Crippen molar-refractivity contribution in [2.45, 2.75) is 70.9 Å². The van der Waals surface area contributed by atoms with Crippen molar-refractivity contribution in [1.29, 1.82) is 0 Å². The smallest absolute Gasteiger partial charge is 0.317 e. The predicted molar refractivity (Wildman–Crippen MR) is 104 cm³/mol. The van der Waals surface area contributed by atoms with Crippen molar-refractivity contribution in [3.63, 3.8) is 0 Å². The first-order valence-electron chi connectivity index (χ1n) is 10.5. The number of hydrogen-bond acceptors (Lipinski definition) is 3. The van der Waals surface area contributed by atoms with E-state index < -0.39 is 0 Å². The molecular formula is C21H33N3O3. The maximum atomic E-state index is 12.6. The van der Waals surface area contributed by atoms with Gasteiger partial charge in [0.05, 0.1) is 12.8 Å². The zero-order chi connectivity index (χ0) is 19.1. The standard InChI is InChI=1S/C21H33N3O3/c1-2-16-15-24(21(26)23-18-7-4-3-5-8-18)11-10-17(16)13-20(25)22-14-19-9-6-12-27-19/h6,9,12,16-18H,2-5,7-8,10-11,13-15H2,1H3,(H,22,25)(H,23,26). The van der Waals surface area contributed by atoms with Gasteiger partial charge in [0.2, 0.25) is 5.91 Å². The number of carbonyl (C=O) groups is 2. The first-order chi connectivity index (χ1) is 13.2. The lowest BCUT2D eigenvalue weighted by Crippen LogP contribution is -2.51. The Morgan fingerprint density at radius 3 is 2.70 bits per heavy atom. The monoisotopic (exact) mass is 375 g/mol. The van der Waals surface area contributed by atoms with Crippen LogP contribution in [0.5, 0.6) is 0 Å². The number of nitrogens with one attached hydrogen (secondary N) is 2. The highest BCUT2D eigenvalue weighted by molar-refractivity contribution is 5.76. The highest BCUT2D eigenvalue weighted by Crippen LogP contribution is 2.29. The zero-order valence-electron chi connectivity index (χ0n) is 16.4. The van der Waals surface area contributed by atoms with E-state index in [0.29, 0.717) is 30.8 Å². The Kier molecular flexibility index (Phi) is 7.18. The number of rotatable bonds is 6. The minimum Gasteiger partial charge on any atom is -0.467 e. The summed E-state index contributed by atoms with van der Waals surface area (Å²) in [6.07, 6.45) is 9.96. The Morgan fingerprint density at radius 2 is 2.00 bits per heavy atom. The maximum Gasteiger partial charge on any atom is 0.317 e. The van der Waals surface area contributed by atoms with Gasteiger partial charge >= 0.3 is 6.03 Å². The SMILES string of the molecule is CCC1CN(C(=O)NC2CCCCC2)CCC1CC(=O)NCc1ccco1. The second kappa shape index (κ2) is 9.81. The number of piperidine rings is 1. The van der Waals surface area contributed by atoms with Crippen LogP contribution in [0.3, 0.4) is 0 Å². The first kappa shape index (κ1) is 19.8. The van der Waals surface area contributed by atoms with E-state index in [2.05, 4.69) is 17.6 Å². The molecule has 3 rings (SSSR count). The number of furan rings is 1. The summed E-state index contributed by atoms with van der Waals surface area (Å²) in [7, 11) is 0. The van der Waals surface area contributed by atoms with Gasteiger partial charge in [-0.15, -0.1) is 0 Å². The van der Waals surface area contributed by atoms with Crippen LogP contribution in [-0.2, 0) is 11.3 Å². The number of urea groups is 1. The Hall–Kier alpha value is -1.98. The molecule has 2 N–H and O–H groups in total. The van der Waals surface area contributed by atoms with Crippen molar-refractivity contribution in [1.82, 2.24) is 15.5 Å². The quantitative estimate of drug-likeness (QED) is 0.796. The van der Waals surface area contributed by atoms with Crippen molar-refractivity contribution in [2.75, 3.05) is 13.1 Å². The van der Waals surface area contributed by atoms with Crippen LogP contribution in [0.1, 0.15) is 64.1 Å². The molecule has 1 aromatic heterocycles. The average Bonchev–Trinajstić information content (AvgIpc) is 3.21. The van der Waals surface area contributed by atoms with Gasteiger partial charge in [-0.2, -0.15) is 0 Å². The van der Waals surface area contributed by atoms with Crippen molar-refractivity contribution in [3.8, 4) is 0 Å². The fraction of sp³-hybridized carbons (Fsp3) is 0.714. The van der Waals surface area contributed by atoms with Gasteiger partial charge in [0.15, 0.2) is 0 Å². The van der Waals surface area contributed by atoms with E-state index in [-0.39, 0.29) is 11.9 Å². The number of hydrogen-bond donors (Lipinski definition) is 2. The van der Waals surface area contributed by atoms with Crippen LogP contribution in [0.25, 0.3) is 0 Å². The van der Waals surface area contributed by atoms with Crippen molar-refractivity contribution in [2.24, 2.45) is 11.8 Å². The van der Waals surface area contributed by atoms with Gasteiger partial charge < -0.3 is 20.0 Å². The number of amides is 3. The molecule has 1 saturated carbocycles. The number of nitrogens with zero attached hydrogens (tertiary/aromatic N) is 1. The zero-order valence-corrected chi connectivity index (χ0v) is 16.4. The van der Waals surface area contributed by atoms with E-state index in [1.165, 1.54) is 19.3 Å². The minimum absolute atomic E-state index is 0.0648. The van der Waals surface area contributed by atoms with Crippen molar-refractivity contribution < 1.29 is 14.0 Å². The van der Waals surface area contributed by atoms with Crippen molar-refractivity contribution >= 4 is 11.9 Å². The summed E-state index contributed by atoms with van der Waals surface area (Å²) < 4.78 is 5.25. The van der Waals surface area contributed by atoms with Crippen LogP contribution >= 0.6 is 0 Å². The van der Waals surface area contributed by atoms with E-state index in [9.17, 15) is 9.59 Å². The molecule has 0 radical (unpaired) electrons. The van der Waals surface area contributed by atoms with Crippen LogP contribution in [0.4, 0.5) is 4.79 Å².